The number of hydrogen-bond acceptors (Lipinski definition) is 4. The number of anilines is 2. The summed E-state index contributed by atoms with van der Waals surface area (Å²) in [6, 6.07) is 12.7. The molecule has 0 aromatic heterocycles. The van der Waals surface area contributed by atoms with E-state index in [1.165, 1.54) is 0 Å². The summed E-state index contributed by atoms with van der Waals surface area (Å²) in [5.41, 5.74) is 3.02. The van der Waals surface area contributed by atoms with Crippen LogP contribution < -0.4 is 15.1 Å². The minimum absolute atomic E-state index is 0.0149. The molecule has 3 aliphatic rings. The molecule has 3 aliphatic heterocycles. The van der Waals surface area contributed by atoms with Gasteiger partial charge in [0.2, 0.25) is 11.8 Å². The lowest BCUT2D eigenvalue weighted by Gasteiger charge is -2.45. The van der Waals surface area contributed by atoms with E-state index in [2.05, 4.69) is 10.2 Å². The van der Waals surface area contributed by atoms with Gasteiger partial charge in [0.1, 0.15) is 12.6 Å². The van der Waals surface area contributed by atoms with Crippen LogP contribution in [0.3, 0.4) is 0 Å². The molecule has 1 atom stereocenters. The number of nitrogens with one attached hydrogen (secondary N) is 1. The Kier molecular flexibility index (Phi) is 6.46. The second kappa shape index (κ2) is 9.66. The van der Waals surface area contributed by atoms with Gasteiger partial charge in [0.15, 0.2) is 0 Å². The number of piperidine rings is 1. The molecule has 2 aromatic carbocycles. The van der Waals surface area contributed by atoms with Gasteiger partial charge in [0.05, 0.1) is 11.4 Å². The van der Waals surface area contributed by atoms with E-state index < -0.39 is 0 Å². The summed E-state index contributed by atoms with van der Waals surface area (Å²) in [7, 11) is 0. The Bertz CT molecular complexity index is 1110. The van der Waals surface area contributed by atoms with Crippen molar-refractivity contribution in [2.75, 3.05) is 36.0 Å². The molecule has 34 heavy (non-hydrogen) atoms. The molecule has 2 fully saturated rings. The lowest BCUT2D eigenvalue weighted by Crippen LogP contribution is -2.57. The fraction of sp³-hybridized carbons (Fsp3) is 0.423. The van der Waals surface area contributed by atoms with Gasteiger partial charge in [-0.2, -0.15) is 0 Å². The van der Waals surface area contributed by atoms with Crippen LogP contribution in [0, 0.1) is 0 Å². The molecule has 3 heterocycles. The third kappa shape index (κ3) is 4.49. The van der Waals surface area contributed by atoms with Crippen molar-refractivity contribution in [1.29, 1.82) is 0 Å². The van der Waals surface area contributed by atoms with Crippen LogP contribution in [0.2, 0.25) is 5.02 Å². The van der Waals surface area contributed by atoms with Gasteiger partial charge in [-0.3, -0.25) is 19.3 Å². The van der Waals surface area contributed by atoms with Crippen molar-refractivity contribution in [2.45, 2.75) is 44.7 Å². The van der Waals surface area contributed by atoms with E-state index in [1.807, 2.05) is 29.2 Å². The third-order valence-corrected chi connectivity index (χ3v) is 7.19. The van der Waals surface area contributed by atoms with Crippen LogP contribution in [-0.2, 0) is 16.1 Å². The van der Waals surface area contributed by atoms with E-state index in [0.717, 1.165) is 63.0 Å². The molecule has 5 rings (SSSR count). The lowest BCUT2D eigenvalue weighted by atomic mass is 9.95. The Balaban J connectivity index is 1.40. The number of carbonyl (C=O) groups is 3. The van der Waals surface area contributed by atoms with Gasteiger partial charge in [-0.25, -0.2) is 0 Å². The Morgan fingerprint density at radius 1 is 0.971 bits per heavy atom. The van der Waals surface area contributed by atoms with Crippen molar-refractivity contribution in [3.63, 3.8) is 0 Å². The zero-order valence-electron chi connectivity index (χ0n) is 19.1. The first-order valence-corrected chi connectivity index (χ1v) is 12.4. The van der Waals surface area contributed by atoms with E-state index in [1.54, 1.807) is 23.1 Å². The predicted molar refractivity (Wildman–Crippen MR) is 132 cm³/mol. The van der Waals surface area contributed by atoms with Crippen molar-refractivity contribution >= 4 is 40.7 Å². The minimum atomic E-state index is -0.262. The highest BCUT2D eigenvalue weighted by Crippen LogP contribution is 2.40. The largest absolute Gasteiger partial charge is 0.358 e. The maximum Gasteiger partial charge on any atom is 0.253 e. The van der Waals surface area contributed by atoms with Gasteiger partial charge in [0, 0.05) is 36.8 Å². The first kappa shape index (κ1) is 22.7. The highest BCUT2D eigenvalue weighted by Gasteiger charge is 2.40. The molecule has 0 unspecified atom stereocenters. The van der Waals surface area contributed by atoms with Gasteiger partial charge in [-0.1, -0.05) is 23.7 Å². The summed E-state index contributed by atoms with van der Waals surface area (Å²) in [4.78, 5) is 45.0. The number of rotatable bonds is 5. The monoisotopic (exact) mass is 480 g/mol. The molecule has 2 aromatic rings. The first-order chi connectivity index (χ1) is 16.5. The fourth-order valence-electron chi connectivity index (χ4n) is 5.20. The number of likely N-dealkylation sites (tertiary alicyclic amines) is 1. The summed E-state index contributed by atoms with van der Waals surface area (Å²) in [6.45, 7) is 2.57. The van der Waals surface area contributed by atoms with Crippen molar-refractivity contribution in [3.8, 4) is 0 Å². The molecule has 1 N–H and O–H groups in total. The average molecular weight is 481 g/mol. The number of fused-ring (bicyclic) bond motifs is 3. The normalized spacial score (nSPS) is 19.6. The van der Waals surface area contributed by atoms with Gasteiger partial charge >= 0.3 is 0 Å². The summed E-state index contributed by atoms with van der Waals surface area (Å²) in [5, 5.41) is 3.51. The fourth-order valence-corrected chi connectivity index (χ4v) is 5.42. The van der Waals surface area contributed by atoms with Crippen molar-refractivity contribution in [1.82, 2.24) is 10.2 Å². The zero-order chi connectivity index (χ0) is 23.7. The Hall–Kier alpha value is -3.06. The Labute approximate surface area is 204 Å². The highest BCUT2D eigenvalue weighted by atomic mass is 35.5. The number of hydrogen-bond donors (Lipinski definition) is 1. The van der Waals surface area contributed by atoms with Crippen molar-refractivity contribution in [2.24, 2.45) is 0 Å². The standard InChI is InChI=1S/C26H29ClN4O3/c27-20-7-5-6-18(14-20)16-28-24(32)17-31-23-15-19(25(33)29-11-3-4-12-29)9-10-21(23)30-13-2-1-8-22(30)26(31)34/h5-7,9-10,14-15,22H,1-4,8,11-13,16-17H2,(H,28,32)/t22-/m1/s1. The average Bonchev–Trinajstić information content (AvgIpc) is 3.40. The molecule has 0 radical (unpaired) electrons. The smallest absolute Gasteiger partial charge is 0.253 e. The molecule has 0 bridgehead atoms. The maximum atomic E-state index is 13.5. The van der Waals surface area contributed by atoms with E-state index in [-0.39, 0.29) is 30.3 Å². The number of nitrogens with zero attached hydrogens (tertiary/aromatic N) is 3. The molecule has 0 aliphatic carbocycles. The maximum absolute atomic E-state index is 13.5. The molecule has 2 saturated heterocycles. The molecular weight excluding hydrogens is 452 g/mol. The second-order valence-electron chi connectivity index (χ2n) is 9.24. The highest BCUT2D eigenvalue weighted by molar-refractivity contribution is 6.30. The predicted octanol–water partition coefficient (Wildman–Crippen LogP) is 3.60. The molecule has 7 nitrogen and oxygen atoms in total. The molecule has 3 amide bonds. The number of benzene rings is 2. The summed E-state index contributed by atoms with van der Waals surface area (Å²) in [6.07, 6.45) is 4.82. The topological polar surface area (TPSA) is 73.0 Å². The molecule has 0 saturated carbocycles. The van der Waals surface area contributed by atoms with Crippen LogP contribution in [0.15, 0.2) is 42.5 Å². The van der Waals surface area contributed by atoms with Gasteiger partial charge < -0.3 is 15.1 Å². The minimum Gasteiger partial charge on any atom is -0.358 e. The van der Waals surface area contributed by atoms with Crippen LogP contribution >= 0.6 is 11.6 Å². The summed E-state index contributed by atoms with van der Waals surface area (Å²) in [5.74, 6) is -0.338. The molecular formula is C26H29ClN4O3. The zero-order valence-corrected chi connectivity index (χ0v) is 19.9. The van der Waals surface area contributed by atoms with Crippen LogP contribution in [0.25, 0.3) is 0 Å². The molecule has 8 heteroatoms. The summed E-state index contributed by atoms with van der Waals surface area (Å²) >= 11 is 6.04. The van der Waals surface area contributed by atoms with Gasteiger partial charge in [-0.15, -0.1) is 0 Å². The van der Waals surface area contributed by atoms with Crippen LogP contribution in [0.1, 0.15) is 48.0 Å². The Morgan fingerprint density at radius 3 is 2.56 bits per heavy atom. The summed E-state index contributed by atoms with van der Waals surface area (Å²) < 4.78 is 0. The first-order valence-electron chi connectivity index (χ1n) is 12.0. The number of carbonyl (C=O) groups excluding carboxylic acids is 3. The lowest BCUT2D eigenvalue weighted by molar-refractivity contribution is -0.125. The van der Waals surface area contributed by atoms with Crippen LogP contribution in [-0.4, -0.2) is 54.8 Å². The quantitative estimate of drug-likeness (QED) is 0.709. The number of amides is 3. The third-order valence-electron chi connectivity index (χ3n) is 6.95. The second-order valence-corrected chi connectivity index (χ2v) is 9.68. The van der Waals surface area contributed by atoms with Crippen LogP contribution in [0.5, 0.6) is 0 Å². The van der Waals surface area contributed by atoms with Gasteiger partial charge in [0.25, 0.3) is 5.91 Å². The molecule has 0 spiro atoms. The number of halogens is 1. The molecule has 178 valence electrons. The van der Waals surface area contributed by atoms with Gasteiger partial charge in [-0.05, 0) is 68.0 Å². The van der Waals surface area contributed by atoms with Crippen molar-refractivity contribution in [3.05, 3.63) is 58.6 Å². The van der Waals surface area contributed by atoms with Crippen molar-refractivity contribution < 1.29 is 14.4 Å². The van der Waals surface area contributed by atoms with Crippen LogP contribution in [0.4, 0.5) is 11.4 Å². The van der Waals surface area contributed by atoms with E-state index in [4.69, 9.17) is 11.6 Å². The Morgan fingerprint density at radius 2 is 1.76 bits per heavy atom. The van der Waals surface area contributed by atoms with E-state index in [9.17, 15) is 14.4 Å². The van der Waals surface area contributed by atoms with E-state index in [0.29, 0.717) is 22.8 Å². The SMILES string of the molecule is O=C(CN1C(=O)[C@H]2CCCCN2c2ccc(C(=O)N3CCCC3)cc21)NCc1cccc(Cl)c1. The van der Waals surface area contributed by atoms with E-state index >= 15 is 0 Å².